The average molecular weight is 261 g/mol. The van der Waals surface area contributed by atoms with Gasteiger partial charge in [0.25, 0.3) is 0 Å². The number of carbonyl (C=O) groups is 1. The van der Waals surface area contributed by atoms with Gasteiger partial charge >= 0.3 is 5.97 Å². The molecule has 1 unspecified atom stereocenters. The molecule has 1 aliphatic rings. The fourth-order valence-corrected chi connectivity index (χ4v) is 3.63. The fraction of sp³-hybridized carbons (Fsp3) is 0.818. The maximum absolute atomic E-state index is 11.7. The van der Waals surface area contributed by atoms with Crippen LogP contribution in [0.2, 0.25) is 0 Å². The second-order valence-electron chi connectivity index (χ2n) is 3.50. The number of esters is 1. The smallest absolute Gasteiger partial charge is 0.319 e. The Morgan fingerprint density at radius 3 is 3.00 bits per heavy atom. The van der Waals surface area contributed by atoms with E-state index in [2.05, 4.69) is 11.9 Å². The van der Waals surface area contributed by atoms with Crippen molar-refractivity contribution in [1.29, 1.82) is 0 Å². The van der Waals surface area contributed by atoms with E-state index in [-0.39, 0.29) is 11.2 Å². The van der Waals surface area contributed by atoms with Crippen molar-refractivity contribution in [2.45, 2.75) is 38.4 Å². The van der Waals surface area contributed by atoms with E-state index in [0.717, 1.165) is 35.9 Å². The molecule has 1 aliphatic heterocycles. The van der Waals surface area contributed by atoms with Gasteiger partial charge in [0, 0.05) is 5.75 Å². The van der Waals surface area contributed by atoms with Gasteiger partial charge in [-0.05, 0) is 13.3 Å². The molecule has 3 nitrogen and oxygen atoms in total. The number of hydrogen-bond donors (Lipinski definition) is 0. The van der Waals surface area contributed by atoms with Crippen LogP contribution in [0.3, 0.4) is 0 Å². The Morgan fingerprint density at radius 1 is 1.62 bits per heavy atom. The van der Waals surface area contributed by atoms with Crippen molar-refractivity contribution in [2.75, 3.05) is 18.9 Å². The van der Waals surface area contributed by atoms with Gasteiger partial charge in [0.2, 0.25) is 0 Å². The molecule has 1 heterocycles. The van der Waals surface area contributed by atoms with E-state index >= 15 is 0 Å². The first-order chi connectivity index (χ1) is 7.77. The number of hydrogen-bond acceptors (Lipinski definition) is 5. The average Bonchev–Trinajstić information content (AvgIpc) is 2.77. The number of rotatable bonds is 6. The summed E-state index contributed by atoms with van der Waals surface area (Å²) < 4.78 is 6.14. The lowest BCUT2D eigenvalue weighted by Gasteiger charge is -2.14. The van der Waals surface area contributed by atoms with Gasteiger partial charge in [-0.15, -0.1) is 0 Å². The van der Waals surface area contributed by atoms with Crippen molar-refractivity contribution in [3.05, 3.63) is 0 Å². The number of carbonyl (C=O) groups excluding carboxylic acids is 1. The first-order valence-electron chi connectivity index (χ1n) is 5.78. The van der Waals surface area contributed by atoms with Crippen LogP contribution in [-0.2, 0) is 9.53 Å². The molecule has 16 heavy (non-hydrogen) atoms. The zero-order valence-corrected chi connectivity index (χ0v) is 11.5. The molecule has 0 aliphatic carbocycles. The SMILES string of the molecule is CCCCC(SC1=NCCS1)C(=O)OCC. The molecule has 0 saturated heterocycles. The van der Waals surface area contributed by atoms with Gasteiger partial charge in [-0.3, -0.25) is 9.79 Å². The Bertz CT molecular complexity index is 256. The summed E-state index contributed by atoms with van der Waals surface area (Å²) in [6.07, 6.45) is 3.06. The predicted octanol–water partition coefficient (Wildman–Crippen LogP) is 2.94. The van der Waals surface area contributed by atoms with E-state index in [9.17, 15) is 4.79 Å². The number of thioether (sulfide) groups is 2. The highest BCUT2D eigenvalue weighted by Crippen LogP contribution is 2.29. The van der Waals surface area contributed by atoms with Gasteiger partial charge in [-0.25, -0.2) is 0 Å². The minimum Gasteiger partial charge on any atom is -0.465 e. The van der Waals surface area contributed by atoms with E-state index in [0.29, 0.717) is 6.61 Å². The van der Waals surface area contributed by atoms with Gasteiger partial charge < -0.3 is 4.74 Å². The van der Waals surface area contributed by atoms with Gasteiger partial charge in [0.05, 0.1) is 13.2 Å². The van der Waals surface area contributed by atoms with E-state index in [4.69, 9.17) is 4.74 Å². The Labute approximate surface area is 106 Å². The Kier molecular flexibility index (Phi) is 6.96. The van der Waals surface area contributed by atoms with Crippen LogP contribution in [0.5, 0.6) is 0 Å². The van der Waals surface area contributed by atoms with E-state index < -0.39 is 0 Å². The number of aliphatic imine (C=N–C) groups is 1. The summed E-state index contributed by atoms with van der Waals surface area (Å²) in [5, 5.41) is -0.0655. The molecule has 92 valence electrons. The largest absolute Gasteiger partial charge is 0.465 e. The van der Waals surface area contributed by atoms with Crippen LogP contribution in [0.15, 0.2) is 4.99 Å². The molecule has 0 fully saturated rings. The minimum atomic E-state index is -0.0869. The zero-order chi connectivity index (χ0) is 11.8. The molecule has 0 radical (unpaired) electrons. The van der Waals surface area contributed by atoms with Crippen molar-refractivity contribution in [3.63, 3.8) is 0 Å². The van der Waals surface area contributed by atoms with E-state index in [1.807, 2.05) is 6.92 Å². The lowest BCUT2D eigenvalue weighted by atomic mass is 10.2. The summed E-state index contributed by atoms with van der Waals surface area (Å²) in [6, 6.07) is 0. The molecule has 0 aromatic heterocycles. The minimum absolute atomic E-state index is 0.0655. The molecule has 5 heteroatoms. The molecule has 0 saturated carbocycles. The van der Waals surface area contributed by atoms with Crippen LogP contribution in [0.1, 0.15) is 33.1 Å². The van der Waals surface area contributed by atoms with Gasteiger partial charge in [0.1, 0.15) is 9.63 Å². The zero-order valence-electron chi connectivity index (χ0n) is 9.90. The van der Waals surface area contributed by atoms with Crippen molar-refractivity contribution in [2.24, 2.45) is 4.99 Å². The lowest BCUT2D eigenvalue weighted by Crippen LogP contribution is -2.21. The van der Waals surface area contributed by atoms with Gasteiger partial charge in [-0.1, -0.05) is 43.3 Å². The Hall–Kier alpha value is -0.160. The molecule has 1 rings (SSSR count). The first kappa shape index (κ1) is 13.9. The second-order valence-corrected chi connectivity index (χ2v) is 6.03. The highest BCUT2D eigenvalue weighted by Gasteiger charge is 2.23. The van der Waals surface area contributed by atoms with Crippen LogP contribution < -0.4 is 0 Å². The summed E-state index contributed by atoms with van der Waals surface area (Å²) in [5.41, 5.74) is 0. The van der Waals surface area contributed by atoms with Gasteiger partial charge in [-0.2, -0.15) is 0 Å². The van der Waals surface area contributed by atoms with Gasteiger partial charge in [0.15, 0.2) is 0 Å². The fourth-order valence-electron chi connectivity index (χ4n) is 1.36. The molecular formula is C11H19NO2S2. The molecule has 0 amide bonds. The molecule has 1 atom stereocenters. The van der Waals surface area contributed by atoms with E-state index in [1.54, 1.807) is 23.5 Å². The maximum atomic E-state index is 11.7. The third-order valence-corrected chi connectivity index (χ3v) is 4.62. The summed E-state index contributed by atoms with van der Waals surface area (Å²) in [7, 11) is 0. The summed E-state index contributed by atoms with van der Waals surface area (Å²) in [5.74, 6) is 0.960. The normalized spacial score (nSPS) is 17.0. The molecule has 0 aromatic rings. The van der Waals surface area contributed by atoms with Crippen LogP contribution in [0.4, 0.5) is 0 Å². The lowest BCUT2D eigenvalue weighted by molar-refractivity contribution is -0.142. The Balaban J connectivity index is 2.45. The number of unbranched alkanes of at least 4 members (excludes halogenated alkanes) is 1. The second kappa shape index (κ2) is 8.01. The Morgan fingerprint density at radius 2 is 2.44 bits per heavy atom. The highest BCUT2D eigenvalue weighted by molar-refractivity contribution is 8.39. The summed E-state index contributed by atoms with van der Waals surface area (Å²) in [6.45, 7) is 5.33. The maximum Gasteiger partial charge on any atom is 0.319 e. The molecule has 0 aromatic carbocycles. The van der Waals surface area contributed by atoms with Crippen LogP contribution in [0, 0.1) is 0 Å². The molecule has 0 N–H and O–H groups in total. The highest BCUT2D eigenvalue weighted by atomic mass is 32.2. The third-order valence-electron chi connectivity index (χ3n) is 2.17. The summed E-state index contributed by atoms with van der Waals surface area (Å²) >= 11 is 3.32. The van der Waals surface area contributed by atoms with Crippen molar-refractivity contribution in [3.8, 4) is 0 Å². The van der Waals surface area contributed by atoms with Crippen LogP contribution in [-0.4, -0.2) is 34.5 Å². The molecule has 0 bridgehead atoms. The van der Waals surface area contributed by atoms with Crippen molar-refractivity contribution in [1.82, 2.24) is 0 Å². The van der Waals surface area contributed by atoms with Crippen LogP contribution >= 0.6 is 23.5 Å². The summed E-state index contributed by atoms with van der Waals surface area (Å²) in [4.78, 5) is 16.1. The van der Waals surface area contributed by atoms with Crippen molar-refractivity contribution < 1.29 is 9.53 Å². The van der Waals surface area contributed by atoms with Crippen LogP contribution in [0.25, 0.3) is 0 Å². The number of ether oxygens (including phenoxy) is 1. The molecular weight excluding hydrogens is 242 g/mol. The molecule has 0 spiro atoms. The topological polar surface area (TPSA) is 38.7 Å². The monoisotopic (exact) mass is 261 g/mol. The number of nitrogens with zero attached hydrogens (tertiary/aromatic N) is 1. The standard InChI is InChI=1S/C11H19NO2S2/c1-3-5-6-9(10(13)14-4-2)16-11-12-7-8-15-11/h9H,3-8H2,1-2H3. The first-order valence-corrected chi connectivity index (χ1v) is 7.65. The van der Waals surface area contributed by atoms with Crippen molar-refractivity contribution >= 4 is 33.9 Å². The quantitative estimate of drug-likeness (QED) is 0.689. The predicted molar refractivity (Wildman–Crippen MR) is 72.3 cm³/mol. The van der Waals surface area contributed by atoms with E-state index in [1.165, 1.54) is 0 Å². The third kappa shape index (κ3) is 4.78.